The van der Waals surface area contributed by atoms with Gasteiger partial charge in [-0.1, -0.05) is 24.3 Å². The second kappa shape index (κ2) is 8.47. The summed E-state index contributed by atoms with van der Waals surface area (Å²) in [6.07, 6.45) is 1.43. The first-order valence-electron chi connectivity index (χ1n) is 8.82. The van der Waals surface area contributed by atoms with Gasteiger partial charge in [-0.2, -0.15) is 0 Å². The second-order valence-corrected chi connectivity index (χ2v) is 6.17. The Morgan fingerprint density at radius 3 is 2.57 bits per heavy atom. The Balaban J connectivity index is 1.71. The fourth-order valence-corrected chi connectivity index (χ4v) is 2.80. The topological polar surface area (TPSA) is 73.2 Å². The van der Waals surface area contributed by atoms with Gasteiger partial charge in [0, 0.05) is 11.4 Å². The summed E-state index contributed by atoms with van der Waals surface area (Å²) >= 11 is 0. The molecule has 1 heterocycles. The highest BCUT2D eigenvalue weighted by molar-refractivity contribution is 5.92. The highest BCUT2D eigenvalue weighted by Gasteiger charge is 2.17. The maximum Gasteiger partial charge on any atom is 0.358 e. The molecule has 0 aliphatic heterocycles. The van der Waals surface area contributed by atoms with E-state index in [9.17, 15) is 14.0 Å². The molecule has 0 unspecified atom stereocenters. The van der Waals surface area contributed by atoms with Crippen LogP contribution in [0.25, 0.3) is 11.1 Å². The Bertz CT molecular complexity index is 1010. The molecule has 144 valence electrons. The zero-order chi connectivity index (χ0) is 20.1. The van der Waals surface area contributed by atoms with Crippen molar-refractivity contribution in [2.45, 2.75) is 20.4 Å². The molecule has 3 aromatic rings. The van der Waals surface area contributed by atoms with E-state index in [0.717, 1.165) is 11.1 Å². The summed E-state index contributed by atoms with van der Waals surface area (Å²) in [6.45, 7) is 3.68. The number of carbonyl (C=O) groups is 2. The molecule has 6 nitrogen and oxygen atoms in total. The molecule has 0 aliphatic rings. The van der Waals surface area contributed by atoms with Crippen molar-refractivity contribution >= 4 is 17.6 Å². The lowest BCUT2D eigenvalue weighted by molar-refractivity contribution is -0.116. The van der Waals surface area contributed by atoms with Crippen molar-refractivity contribution < 1.29 is 18.7 Å². The molecular formula is C21H20FN3O3. The molecule has 0 atom stereocenters. The van der Waals surface area contributed by atoms with Gasteiger partial charge in [-0.15, -0.1) is 0 Å². The van der Waals surface area contributed by atoms with E-state index in [2.05, 4.69) is 10.3 Å². The minimum Gasteiger partial charge on any atom is -0.461 e. The fourth-order valence-electron chi connectivity index (χ4n) is 2.80. The van der Waals surface area contributed by atoms with Crippen molar-refractivity contribution in [2.24, 2.45) is 0 Å². The number of halogens is 1. The number of imidazole rings is 1. The van der Waals surface area contributed by atoms with E-state index in [-0.39, 0.29) is 30.6 Å². The summed E-state index contributed by atoms with van der Waals surface area (Å²) in [5, 5.41) is 2.81. The second-order valence-electron chi connectivity index (χ2n) is 6.17. The van der Waals surface area contributed by atoms with Gasteiger partial charge < -0.3 is 14.6 Å². The molecule has 1 amide bonds. The lowest BCUT2D eigenvalue weighted by atomic mass is 10.1. The van der Waals surface area contributed by atoms with Gasteiger partial charge in [0.2, 0.25) is 5.91 Å². The largest absolute Gasteiger partial charge is 0.461 e. The predicted octanol–water partition coefficient (Wildman–Crippen LogP) is 3.81. The molecule has 28 heavy (non-hydrogen) atoms. The van der Waals surface area contributed by atoms with Gasteiger partial charge in [0.25, 0.3) is 0 Å². The van der Waals surface area contributed by atoms with Crippen LogP contribution in [0.15, 0.2) is 54.9 Å². The average molecular weight is 381 g/mol. The molecule has 0 bridgehead atoms. The zero-order valence-electron chi connectivity index (χ0n) is 15.6. The molecule has 0 fully saturated rings. The number of amides is 1. The first-order valence-corrected chi connectivity index (χ1v) is 8.82. The number of aromatic nitrogens is 2. The minimum atomic E-state index is -0.512. The summed E-state index contributed by atoms with van der Waals surface area (Å²) in [6, 6.07) is 13.4. The van der Waals surface area contributed by atoms with Crippen LogP contribution >= 0.6 is 0 Å². The first-order chi connectivity index (χ1) is 13.5. The van der Waals surface area contributed by atoms with Crippen LogP contribution in [0.1, 0.15) is 23.1 Å². The molecule has 3 rings (SSSR count). The monoisotopic (exact) mass is 381 g/mol. The third kappa shape index (κ3) is 4.43. The number of anilines is 1. The third-order valence-electron chi connectivity index (χ3n) is 4.19. The normalized spacial score (nSPS) is 10.5. The molecule has 0 aliphatic carbocycles. The highest BCUT2D eigenvalue weighted by Crippen LogP contribution is 2.23. The van der Waals surface area contributed by atoms with E-state index in [1.807, 2.05) is 6.07 Å². The number of ether oxygens (including phenoxy) is 1. The summed E-state index contributed by atoms with van der Waals surface area (Å²) in [7, 11) is 0. The van der Waals surface area contributed by atoms with Crippen LogP contribution in [-0.2, 0) is 16.1 Å². The number of hydrogen-bond donors (Lipinski definition) is 1. The van der Waals surface area contributed by atoms with Crippen molar-refractivity contribution in [1.82, 2.24) is 9.55 Å². The zero-order valence-corrected chi connectivity index (χ0v) is 15.6. The van der Waals surface area contributed by atoms with Crippen molar-refractivity contribution in [3.05, 3.63) is 72.1 Å². The number of benzene rings is 2. The van der Waals surface area contributed by atoms with Crippen molar-refractivity contribution in [3.63, 3.8) is 0 Å². The molecule has 0 spiro atoms. The quantitative estimate of drug-likeness (QED) is 0.659. The lowest BCUT2D eigenvalue weighted by Gasteiger charge is -2.09. The van der Waals surface area contributed by atoms with E-state index in [4.69, 9.17) is 4.74 Å². The molecule has 0 radical (unpaired) electrons. The van der Waals surface area contributed by atoms with Crippen LogP contribution in [0.4, 0.5) is 10.1 Å². The third-order valence-corrected chi connectivity index (χ3v) is 4.19. The Labute approximate surface area is 162 Å². The smallest absolute Gasteiger partial charge is 0.358 e. The van der Waals surface area contributed by atoms with Gasteiger partial charge in [-0.05, 0) is 49.2 Å². The van der Waals surface area contributed by atoms with E-state index in [0.29, 0.717) is 11.4 Å². The summed E-state index contributed by atoms with van der Waals surface area (Å²) in [5.74, 6) is -1.10. The first kappa shape index (κ1) is 19.3. The number of rotatable bonds is 6. The molecule has 7 heteroatoms. The number of hydrogen-bond acceptors (Lipinski definition) is 4. The standard InChI is InChI=1S/C21H20FN3O3/c1-3-28-21(27)20-14(2)25(13-23-20)12-19(26)24-18-9-5-7-16(11-18)15-6-4-8-17(22)10-15/h4-11,13H,3,12H2,1-2H3,(H,24,26). The molecule has 1 aromatic heterocycles. The predicted molar refractivity (Wildman–Crippen MR) is 103 cm³/mol. The van der Waals surface area contributed by atoms with Crippen LogP contribution in [0.2, 0.25) is 0 Å². The van der Waals surface area contributed by atoms with Gasteiger partial charge in [0.05, 0.1) is 12.9 Å². The average Bonchev–Trinajstić information content (AvgIpc) is 3.02. The van der Waals surface area contributed by atoms with Crippen molar-refractivity contribution in [3.8, 4) is 11.1 Å². The molecular weight excluding hydrogens is 361 g/mol. The van der Waals surface area contributed by atoms with Gasteiger partial charge in [-0.3, -0.25) is 4.79 Å². The Morgan fingerprint density at radius 1 is 1.14 bits per heavy atom. The SMILES string of the molecule is CCOC(=O)c1ncn(CC(=O)Nc2cccc(-c3cccc(F)c3)c2)c1C. The maximum absolute atomic E-state index is 13.4. The van der Waals surface area contributed by atoms with Crippen LogP contribution in [0.5, 0.6) is 0 Å². The van der Waals surface area contributed by atoms with Crippen molar-refractivity contribution in [2.75, 3.05) is 11.9 Å². The lowest BCUT2D eigenvalue weighted by Crippen LogP contribution is -2.19. The maximum atomic E-state index is 13.4. The number of carbonyl (C=O) groups excluding carboxylic acids is 2. The molecule has 1 N–H and O–H groups in total. The van der Waals surface area contributed by atoms with Crippen LogP contribution < -0.4 is 5.32 Å². The van der Waals surface area contributed by atoms with Crippen LogP contribution in [0.3, 0.4) is 0 Å². The van der Waals surface area contributed by atoms with Crippen LogP contribution in [-0.4, -0.2) is 28.0 Å². The van der Waals surface area contributed by atoms with E-state index >= 15 is 0 Å². The number of esters is 1. The van der Waals surface area contributed by atoms with Gasteiger partial charge in [0.1, 0.15) is 12.4 Å². The summed E-state index contributed by atoms with van der Waals surface area (Å²) in [5.41, 5.74) is 2.86. The summed E-state index contributed by atoms with van der Waals surface area (Å²) < 4.78 is 20.0. The van der Waals surface area contributed by atoms with Crippen molar-refractivity contribution in [1.29, 1.82) is 0 Å². The Kier molecular flexibility index (Phi) is 5.84. The minimum absolute atomic E-state index is 0.00241. The van der Waals surface area contributed by atoms with E-state index in [1.54, 1.807) is 48.7 Å². The molecule has 0 saturated carbocycles. The van der Waals surface area contributed by atoms with E-state index < -0.39 is 5.97 Å². The molecule has 0 saturated heterocycles. The van der Waals surface area contributed by atoms with Gasteiger partial charge >= 0.3 is 5.97 Å². The molecule has 2 aromatic carbocycles. The fraction of sp³-hybridized carbons (Fsp3) is 0.190. The number of nitrogens with zero attached hydrogens (tertiary/aromatic N) is 2. The van der Waals surface area contributed by atoms with Gasteiger partial charge in [-0.25, -0.2) is 14.2 Å². The number of nitrogens with one attached hydrogen (secondary N) is 1. The van der Waals surface area contributed by atoms with E-state index in [1.165, 1.54) is 18.5 Å². The van der Waals surface area contributed by atoms with Crippen LogP contribution in [0, 0.1) is 12.7 Å². The van der Waals surface area contributed by atoms with Gasteiger partial charge in [0.15, 0.2) is 5.69 Å². The Morgan fingerprint density at radius 2 is 1.86 bits per heavy atom. The summed E-state index contributed by atoms with van der Waals surface area (Å²) in [4.78, 5) is 28.3. The Hall–Kier alpha value is -3.48. The highest BCUT2D eigenvalue weighted by atomic mass is 19.1.